The molecule has 0 bridgehead atoms. The third-order valence-electron chi connectivity index (χ3n) is 4.02. The quantitative estimate of drug-likeness (QED) is 0.862. The van der Waals surface area contributed by atoms with E-state index in [-0.39, 0.29) is 23.4 Å². The predicted molar refractivity (Wildman–Crippen MR) is 89.7 cm³/mol. The molecule has 1 N–H and O–H groups in total. The van der Waals surface area contributed by atoms with Crippen LogP contribution in [0.15, 0.2) is 29.2 Å². The molecule has 1 heterocycles. The number of hydrogen-bond acceptors (Lipinski definition) is 4. The van der Waals surface area contributed by atoms with Crippen molar-refractivity contribution in [2.75, 3.05) is 32.7 Å². The number of carbonyl (C=O) groups is 1. The molecule has 0 unspecified atom stereocenters. The third kappa shape index (κ3) is 4.10. The van der Waals surface area contributed by atoms with Crippen LogP contribution in [0.3, 0.4) is 0 Å². The number of amides is 1. The maximum atomic E-state index is 13.0. The molecule has 0 aromatic heterocycles. The van der Waals surface area contributed by atoms with Crippen molar-refractivity contribution in [3.05, 3.63) is 29.8 Å². The first-order chi connectivity index (χ1) is 10.8. The fraction of sp³-hybridized carbons (Fsp3) is 0.562. The summed E-state index contributed by atoms with van der Waals surface area (Å²) >= 11 is 0. The van der Waals surface area contributed by atoms with E-state index in [0.29, 0.717) is 18.7 Å². The largest absolute Gasteiger partial charge is 0.339 e. The van der Waals surface area contributed by atoms with Gasteiger partial charge in [0.1, 0.15) is 0 Å². The van der Waals surface area contributed by atoms with Crippen LogP contribution < -0.4 is 5.32 Å². The fourth-order valence-electron chi connectivity index (χ4n) is 2.66. The minimum Gasteiger partial charge on any atom is -0.339 e. The van der Waals surface area contributed by atoms with Crippen LogP contribution in [0.2, 0.25) is 0 Å². The monoisotopic (exact) mass is 339 g/mol. The number of nitrogens with one attached hydrogen (secondary N) is 1. The number of nitrogens with zero attached hydrogens (tertiary/aromatic N) is 2. The van der Waals surface area contributed by atoms with E-state index in [1.54, 1.807) is 49.9 Å². The molecule has 6 nitrogen and oxygen atoms in total. The molecule has 0 spiro atoms. The summed E-state index contributed by atoms with van der Waals surface area (Å²) < 4.78 is 27.2. The molecule has 1 aliphatic rings. The van der Waals surface area contributed by atoms with Gasteiger partial charge < -0.3 is 10.2 Å². The molecule has 0 radical (unpaired) electrons. The van der Waals surface area contributed by atoms with E-state index in [4.69, 9.17) is 0 Å². The van der Waals surface area contributed by atoms with Crippen LogP contribution in [0, 0.1) is 6.92 Å². The first-order valence-electron chi connectivity index (χ1n) is 7.90. The molecular weight excluding hydrogens is 314 g/mol. The lowest BCUT2D eigenvalue weighted by molar-refractivity contribution is -0.132. The van der Waals surface area contributed by atoms with Gasteiger partial charge in [0.2, 0.25) is 15.9 Å². The molecule has 1 aliphatic heterocycles. The first-order valence-corrected chi connectivity index (χ1v) is 9.34. The summed E-state index contributed by atoms with van der Waals surface area (Å²) in [5.74, 6) is -0.141. The molecule has 0 aliphatic carbocycles. The Bertz CT molecular complexity index is 652. The Morgan fingerprint density at radius 2 is 1.87 bits per heavy atom. The summed E-state index contributed by atoms with van der Waals surface area (Å²) in [7, 11) is -3.69. The van der Waals surface area contributed by atoms with Gasteiger partial charge in [-0.1, -0.05) is 18.2 Å². The van der Waals surface area contributed by atoms with Crippen LogP contribution in [0.25, 0.3) is 0 Å². The first kappa shape index (κ1) is 17.9. The van der Waals surface area contributed by atoms with Gasteiger partial charge in [-0.05, 0) is 32.4 Å². The van der Waals surface area contributed by atoms with Crippen LogP contribution in [-0.2, 0) is 14.8 Å². The number of hydrogen-bond donors (Lipinski definition) is 1. The molecule has 7 heteroatoms. The Morgan fingerprint density at radius 1 is 1.26 bits per heavy atom. The zero-order chi connectivity index (χ0) is 17.0. The zero-order valence-corrected chi connectivity index (χ0v) is 14.8. The Balaban J connectivity index is 2.24. The van der Waals surface area contributed by atoms with E-state index in [2.05, 4.69) is 5.32 Å². The van der Waals surface area contributed by atoms with E-state index in [1.807, 2.05) is 0 Å². The van der Waals surface area contributed by atoms with Crippen LogP contribution >= 0.6 is 0 Å². The normalized spacial score (nSPS) is 16.1. The summed E-state index contributed by atoms with van der Waals surface area (Å²) in [5, 5.41) is 3.18. The number of benzene rings is 1. The summed E-state index contributed by atoms with van der Waals surface area (Å²) in [6, 6.07) is 6.58. The van der Waals surface area contributed by atoms with E-state index in [1.165, 1.54) is 4.31 Å². The molecule has 128 valence electrons. The van der Waals surface area contributed by atoms with Gasteiger partial charge in [-0.25, -0.2) is 8.42 Å². The second kappa shape index (κ2) is 7.42. The highest BCUT2D eigenvalue weighted by Crippen LogP contribution is 2.21. The molecule has 1 fully saturated rings. The summed E-state index contributed by atoms with van der Waals surface area (Å²) in [4.78, 5) is 14.5. The summed E-state index contributed by atoms with van der Waals surface area (Å²) in [5.41, 5.74) is 0.688. The molecule has 1 amide bonds. The topological polar surface area (TPSA) is 69.7 Å². The van der Waals surface area contributed by atoms with Crippen molar-refractivity contribution in [2.24, 2.45) is 0 Å². The lowest BCUT2D eigenvalue weighted by atomic mass is 10.2. The zero-order valence-electron chi connectivity index (χ0n) is 13.9. The van der Waals surface area contributed by atoms with E-state index in [9.17, 15) is 13.2 Å². The van der Waals surface area contributed by atoms with Crippen molar-refractivity contribution in [3.63, 3.8) is 0 Å². The van der Waals surface area contributed by atoms with Gasteiger partial charge in [0.05, 0.1) is 11.4 Å². The highest BCUT2D eigenvalue weighted by molar-refractivity contribution is 7.89. The average Bonchev–Trinajstić information content (AvgIpc) is 2.53. The molecule has 0 saturated carbocycles. The van der Waals surface area contributed by atoms with Crippen molar-refractivity contribution >= 4 is 15.9 Å². The molecule has 23 heavy (non-hydrogen) atoms. The summed E-state index contributed by atoms with van der Waals surface area (Å²) in [6.07, 6.45) is 0. The number of rotatable bonds is 5. The van der Waals surface area contributed by atoms with Crippen molar-refractivity contribution in [1.29, 1.82) is 0 Å². The molecular formula is C16H25N3O3S. The Kier molecular flexibility index (Phi) is 5.78. The second-order valence-electron chi connectivity index (χ2n) is 6.04. The number of carbonyl (C=O) groups excluding carboxylic acids is 1. The maximum Gasteiger partial charge on any atom is 0.244 e. The van der Waals surface area contributed by atoms with Gasteiger partial charge in [-0.2, -0.15) is 4.31 Å². The minimum atomic E-state index is -3.69. The van der Waals surface area contributed by atoms with Gasteiger partial charge >= 0.3 is 0 Å². The molecule has 1 saturated heterocycles. The van der Waals surface area contributed by atoms with Gasteiger partial charge in [0, 0.05) is 32.2 Å². The molecule has 1 aromatic rings. The van der Waals surface area contributed by atoms with Gasteiger partial charge in [-0.15, -0.1) is 0 Å². The van der Waals surface area contributed by atoms with Crippen molar-refractivity contribution < 1.29 is 13.2 Å². The van der Waals surface area contributed by atoms with Crippen LogP contribution in [-0.4, -0.2) is 62.3 Å². The highest BCUT2D eigenvalue weighted by atomic mass is 32.2. The SMILES string of the molecule is Cc1ccccc1S(=O)(=O)N(CC(=O)N1CCNCC1)C(C)C. The second-order valence-corrected chi connectivity index (χ2v) is 7.90. The lowest BCUT2D eigenvalue weighted by Crippen LogP contribution is -2.51. The minimum absolute atomic E-state index is 0.117. The molecule has 0 atom stereocenters. The Labute approximate surface area is 138 Å². The number of aryl methyl sites for hydroxylation is 1. The highest BCUT2D eigenvalue weighted by Gasteiger charge is 2.31. The maximum absolute atomic E-state index is 13.0. The summed E-state index contributed by atoms with van der Waals surface area (Å²) in [6.45, 7) is 7.97. The van der Waals surface area contributed by atoms with Gasteiger partial charge in [0.15, 0.2) is 0 Å². The van der Waals surface area contributed by atoms with Crippen LogP contribution in [0.4, 0.5) is 0 Å². The lowest BCUT2D eigenvalue weighted by Gasteiger charge is -2.31. The fourth-order valence-corrected chi connectivity index (χ4v) is 4.48. The molecule has 1 aromatic carbocycles. The number of sulfonamides is 1. The van der Waals surface area contributed by atoms with Crippen molar-refractivity contribution in [1.82, 2.24) is 14.5 Å². The standard InChI is InChI=1S/C16H25N3O3S/c1-13(2)19(12-16(20)18-10-8-17-9-11-18)23(21,22)15-7-5-4-6-14(15)3/h4-7,13,17H,8-12H2,1-3H3. The Morgan fingerprint density at radius 3 is 2.43 bits per heavy atom. The number of piperazine rings is 1. The van der Waals surface area contributed by atoms with Gasteiger partial charge in [-0.3, -0.25) is 4.79 Å². The molecule has 2 rings (SSSR count). The van der Waals surface area contributed by atoms with Crippen LogP contribution in [0.5, 0.6) is 0 Å². The average molecular weight is 339 g/mol. The predicted octanol–water partition coefficient (Wildman–Crippen LogP) is 0.826. The smallest absolute Gasteiger partial charge is 0.244 e. The van der Waals surface area contributed by atoms with Crippen molar-refractivity contribution in [2.45, 2.75) is 31.7 Å². The van der Waals surface area contributed by atoms with E-state index < -0.39 is 10.0 Å². The Hall–Kier alpha value is -1.44. The van der Waals surface area contributed by atoms with Gasteiger partial charge in [0.25, 0.3) is 0 Å². The van der Waals surface area contributed by atoms with E-state index >= 15 is 0 Å². The van der Waals surface area contributed by atoms with Crippen LogP contribution in [0.1, 0.15) is 19.4 Å². The van der Waals surface area contributed by atoms with Crippen molar-refractivity contribution in [3.8, 4) is 0 Å². The third-order valence-corrected chi connectivity index (χ3v) is 6.20. The van der Waals surface area contributed by atoms with E-state index in [0.717, 1.165) is 13.1 Å².